The van der Waals surface area contributed by atoms with Gasteiger partial charge in [0.15, 0.2) is 0 Å². The van der Waals surface area contributed by atoms with Crippen LogP contribution in [0.15, 0.2) is 0 Å². The van der Waals surface area contributed by atoms with Crippen molar-refractivity contribution in [2.45, 2.75) is 5.25 Å². The summed E-state index contributed by atoms with van der Waals surface area (Å²) < 4.78 is 47.5. The first-order valence-electron chi connectivity index (χ1n) is 3.92. The van der Waals surface area contributed by atoms with Gasteiger partial charge in [-0.2, -0.15) is 8.78 Å². The molecule has 1 aromatic rings. The Labute approximate surface area is 98.1 Å². The molecule has 1 aromatic heterocycles. The molecule has 0 fully saturated rings. The minimum atomic E-state index is -5.14. The maximum atomic E-state index is 13.2. The molecular formula is C5H7F2N5O3S2. The molecule has 5 N–H and O–H groups in total. The zero-order valence-corrected chi connectivity index (χ0v) is 9.69. The number of alkyl halides is 2. The number of halogens is 2. The highest BCUT2D eigenvalue weighted by Gasteiger charge is 2.48. The van der Waals surface area contributed by atoms with Crippen molar-refractivity contribution in [1.29, 1.82) is 0 Å². The summed E-state index contributed by atoms with van der Waals surface area (Å²) in [5.74, 6) is -0.674. The van der Waals surface area contributed by atoms with Crippen molar-refractivity contribution in [1.82, 2.24) is 10.2 Å². The van der Waals surface area contributed by atoms with Crippen LogP contribution in [0, 0.1) is 0 Å². The number of carbonyl (C=O) groups excluding carboxylic acids is 1. The second-order valence-corrected chi connectivity index (χ2v) is 5.31. The molecule has 0 bridgehead atoms. The van der Waals surface area contributed by atoms with Crippen LogP contribution in [-0.2, 0) is 20.1 Å². The lowest BCUT2D eigenvalue weighted by Gasteiger charge is -2.08. The fourth-order valence-electron chi connectivity index (χ4n) is 0.683. The first kappa shape index (κ1) is 13.8. The third kappa shape index (κ3) is 2.91. The first-order valence-corrected chi connectivity index (χ1v) is 6.29. The topological polar surface area (TPSA) is 141 Å². The predicted octanol–water partition coefficient (Wildman–Crippen LogP) is -1.23. The van der Waals surface area contributed by atoms with Crippen molar-refractivity contribution >= 4 is 32.4 Å². The molecule has 0 atom stereocenters. The van der Waals surface area contributed by atoms with Crippen LogP contribution in [0.2, 0.25) is 0 Å². The number of sulfonamides is 1. The van der Waals surface area contributed by atoms with E-state index >= 15 is 0 Å². The van der Waals surface area contributed by atoms with Crippen molar-refractivity contribution in [2.75, 3.05) is 11.9 Å². The minimum absolute atomic E-state index is 0.192. The van der Waals surface area contributed by atoms with Gasteiger partial charge in [-0.15, -0.1) is 10.2 Å². The molecule has 8 nitrogen and oxygen atoms in total. The van der Waals surface area contributed by atoms with E-state index in [4.69, 9.17) is 5.73 Å². The molecule has 96 valence electrons. The Hall–Kier alpha value is -1.24. The molecule has 0 spiro atoms. The molecule has 1 heterocycles. The van der Waals surface area contributed by atoms with Crippen molar-refractivity contribution in [2.24, 2.45) is 10.9 Å². The Bertz CT molecular complexity index is 527. The van der Waals surface area contributed by atoms with Crippen LogP contribution in [0.1, 0.15) is 5.01 Å². The summed E-state index contributed by atoms with van der Waals surface area (Å²) in [5.41, 5.74) is 4.96. The van der Waals surface area contributed by atoms with E-state index in [1.807, 2.05) is 5.32 Å². The van der Waals surface area contributed by atoms with Crippen molar-refractivity contribution in [3.63, 3.8) is 0 Å². The van der Waals surface area contributed by atoms with E-state index in [2.05, 4.69) is 15.3 Å². The number of amides is 1. The van der Waals surface area contributed by atoms with Crippen LogP contribution >= 0.6 is 11.3 Å². The van der Waals surface area contributed by atoms with Gasteiger partial charge in [-0.1, -0.05) is 11.3 Å². The molecule has 0 aliphatic carbocycles. The number of primary sulfonamides is 1. The van der Waals surface area contributed by atoms with Crippen molar-refractivity contribution in [3.8, 4) is 0 Å². The minimum Gasteiger partial charge on any atom is -0.322 e. The maximum absolute atomic E-state index is 13.2. The standard InChI is InChI=1S/C5H7F2N5O3S2/c6-5(7,17(9,14)15)3-11-12-4(16-3)10-2(13)1-8/h1,8H2,(H2,9,14,15)(H,10,12,13). The van der Waals surface area contributed by atoms with Crippen LogP contribution in [0.5, 0.6) is 0 Å². The number of carbonyl (C=O) groups is 1. The first-order chi connectivity index (χ1) is 7.68. The highest BCUT2D eigenvalue weighted by molar-refractivity contribution is 7.89. The summed E-state index contributed by atoms with van der Waals surface area (Å²) in [5, 5.41) is 6.72. The van der Waals surface area contributed by atoms with Gasteiger partial charge < -0.3 is 5.73 Å². The van der Waals surface area contributed by atoms with E-state index in [0.717, 1.165) is 0 Å². The SMILES string of the molecule is NCC(=O)Nc1nnc(C(F)(F)S(N)(=O)=O)s1. The molecule has 0 radical (unpaired) electrons. The molecule has 17 heavy (non-hydrogen) atoms. The number of nitrogens with zero attached hydrogens (tertiary/aromatic N) is 2. The molecule has 12 heteroatoms. The van der Waals surface area contributed by atoms with Gasteiger partial charge in [-0.05, 0) is 0 Å². The van der Waals surface area contributed by atoms with E-state index in [1.54, 1.807) is 0 Å². The Morgan fingerprint density at radius 3 is 2.53 bits per heavy atom. The smallest absolute Gasteiger partial charge is 0.322 e. The van der Waals surface area contributed by atoms with Gasteiger partial charge in [-0.25, -0.2) is 13.6 Å². The maximum Gasteiger partial charge on any atom is 0.411 e. The number of anilines is 1. The molecular weight excluding hydrogens is 280 g/mol. The van der Waals surface area contributed by atoms with Gasteiger partial charge in [0, 0.05) is 0 Å². The Balaban J connectivity index is 3.00. The van der Waals surface area contributed by atoms with E-state index in [0.29, 0.717) is 0 Å². The average molecular weight is 287 g/mol. The summed E-state index contributed by atoms with van der Waals surface area (Å²) in [7, 11) is -5.14. The monoisotopic (exact) mass is 287 g/mol. The van der Waals surface area contributed by atoms with Crippen molar-refractivity contribution in [3.05, 3.63) is 5.01 Å². The number of nitrogens with two attached hydrogens (primary N) is 2. The van der Waals surface area contributed by atoms with E-state index in [-0.39, 0.29) is 23.0 Å². The number of rotatable bonds is 4. The zero-order valence-electron chi connectivity index (χ0n) is 8.05. The Morgan fingerprint density at radius 2 is 2.06 bits per heavy atom. The van der Waals surface area contributed by atoms with E-state index in [1.165, 1.54) is 0 Å². The molecule has 0 aliphatic rings. The lowest BCUT2D eigenvalue weighted by molar-refractivity contribution is -0.114. The van der Waals surface area contributed by atoms with Gasteiger partial charge in [0.05, 0.1) is 6.54 Å². The molecule has 0 unspecified atom stereocenters. The number of hydrogen-bond donors (Lipinski definition) is 3. The Kier molecular flexibility index (Phi) is 3.71. The van der Waals surface area contributed by atoms with E-state index in [9.17, 15) is 22.0 Å². The van der Waals surface area contributed by atoms with Gasteiger partial charge in [0.25, 0.3) is 10.0 Å². The van der Waals surface area contributed by atoms with Gasteiger partial charge in [-0.3, -0.25) is 10.1 Å². The molecule has 1 amide bonds. The molecule has 0 aliphatic heterocycles. The number of hydrogen-bond acceptors (Lipinski definition) is 7. The summed E-state index contributed by atoms with van der Waals surface area (Å²) in [6, 6.07) is 0. The third-order valence-corrected chi connectivity index (χ3v) is 3.41. The zero-order chi connectivity index (χ0) is 13.3. The van der Waals surface area contributed by atoms with Crippen LogP contribution in [0.4, 0.5) is 13.9 Å². The van der Waals surface area contributed by atoms with Gasteiger partial charge in [0.1, 0.15) is 0 Å². The Morgan fingerprint density at radius 1 is 1.47 bits per heavy atom. The quantitative estimate of drug-likeness (QED) is 0.633. The molecule has 0 saturated carbocycles. The summed E-state index contributed by atoms with van der Waals surface area (Å²) in [6.07, 6.45) is 0. The molecule has 1 rings (SSSR count). The van der Waals surface area contributed by atoms with Crippen LogP contribution in [0.25, 0.3) is 0 Å². The fourth-order valence-corrected chi connectivity index (χ4v) is 2.07. The lowest BCUT2D eigenvalue weighted by atomic mass is 10.6. The van der Waals surface area contributed by atoms with Crippen molar-refractivity contribution < 1.29 is 22.0 Å². The molecule has 0 saturated heterocycles. The van der Waals surface area contributed by atoms with Crippen LogP contribution in [0.3, 0.4) is 0 Å². The fraction of sp³-hybridized carbons (Fsp3) is 0.400. The normalized spacial score (nSPS) is 12.5. The second-order valence-electron chi connectivity index (χ2n) is 2.73. The summed E-state index contributed by atoms with van der Waals surface area (Å²) in [4.78, 5) is 10.8. The third-order valence-electron chi connectivity index (χ3n) is 1.46. The number of aromatic nitrogens is 2. The second kappa shape index (κ2) is 4.56. The predicted molar refractivity (Wildman–Crippen MR) is 54.6 cm³/mol. The van der Waals surface area contributed by atoms with Crippen LogP contribution < -0.4 is 16.2 Å². The highest BCUT2D eigenvalue weighted by Crippen LogP contribution is 2.35. The lowest BCUT2D eigenvalue weighted by Crippen LogP contribution is -2.32. The summed E-state index contributed by atoms with van der Waals surface area (Å²) in [6.45, 7) is -0.375. The number of nitrogens with one attached hydrogen (secondary N) is 1. The van der Waals surface area contributed by atoms with Gasteiger partial charge in [0.2, 0.25) is 16.0 Å². The highest BCUT2D eigenvalue weighted by atomic mass is 32.2. The van der Waals surface area contributed by atoms with E-state index < -0.39 is 26.2 Å². The molecule has 0 aromatic carbocycles. The van der Waals surface area contributed by atoms with Crippen LogP contribution in [-0.4, -0.2) is 31.1 Å². The van der Waals surface area contributed by atoms with Gasteiger partial charge >= 0.3 is 5.25 Å². The summed E-state index contributed by atoms with van der Waals surface area (Å²) >= 11 is 0.192. The average Bonchev–Trinajstić information content (AvgIpc) is 2.64. The largest absolute Gasteiger partial charge is 0.411 e.